The Labute approximate surface area is 110 Å². The van der Waals surface area contributed by atoms with Crippen molar-refractivity contribution < 1.29 is 4.74 Å². The van der Waals surface area contributed by atoms with E-state index in [2.05, 4.69) is 24.3 Å². The normalized spacial score (nSPS) is 30.5. The van der Waals surface area contributed by atoms with Crippen molar-refractivity contribution in [3.63, 3.8) is 0 Å². The Morgan fingerprint density at radius 1 is 1.28 bits per heavy atom. The van der Waals surface area contributed by atoms with E-state index in [0.29, 0.717) is 12.1 Å². The van der Waals surface area contributed by atoms with Gasteiger partial charge in [-0.05, 0) is 26.2 Å². The Morgan fingerprint density at radius 2 is 2.00 bits per heavy atom. The van der Waals surface area contributed by atoms with Crippen molar-refractivity contribution >= 4 is 5.96 Å². The summed E-state index contributed by atoms with van der Waals surface area (Å²) >= 11 is 0. The summed E-state index contributed by atoms with van der Waals surface area (Å²) in [4.78, 5) is 6.93. The van der Waals surface area contributed by atoms with Crippen LogP contribution in [0.5, 0.6) is 0 Å². The van der Waals surface area contributed by atoms with E-state index in [1.807, 2.05) is 0 Å². The first-order valence-electron chi connectivity index (χ1n) is 7.11. The fraction of sp³-hybridized carbons (Fsp3) is 0.923. The number of nitrogens with two attached hydrogens (primary N) is 1. The molecule has 0 aromatic rings. The smallest absolute Gasteiger partial charge is 0.208 e. The molecule has 2 fully saturated rings. The van der Waals surface area contributed by atoms with Gasteiger partial charge in [-0.15, -0.1) is 0 Å². The summed E-state index contributed by atoms with van der Waals surface area (Å²) in [7, 11) is 2.05. The lowest BCUT2D eigenvalue weighted by Gasteiger charge is -2.30. The lowest BCUT2D eigenvalue weighted by atomic mass is 9.96. The van der Waals surface area contributed by atoms with Crippen LogP contribution in [0.15, 0.2) is 4.99 Å². The number of hydrogen-bond donors (Lipinski definition) is 2. The summed E-state index contributed by atoms with van der Waals surface area (Å²) in [6, 6.07) is 0.813. The van der Waals surface area contributed by atoms with Crippen LogP contribution in [0.3, 0.4) is 0 Å². The van der Waals surface area contributed by atoms with E-state index in [1.165, 1.54) is 32.1 Å². The predicted octanol–water partition coefficient (Wildman–Crippen LogP) is 1.25. The van der Waals surface area contributed by atoms with Gasteiger partial charge in [-0.25, -0.2) is 10.8 Å². The first-order valence-corrected chi connectivity index (χ1v) is 7.11. The lowest BCUT2D eigenvalue weighted by molar-refractivity contribution is 0.0990. The van der Waals surface area contributed by atoms with Gasteiger partial charge in [0.1, 0.15) is 0 Å². The Hall–Kier alpha value is -0.810. The van der Waals surface area contributed by atoms with Crippen LogP contribution in [0.2, 0.25) is 0 Å². The highest BCUT2D eigenvalue weighted by molar-refractivity contribution is 5.79. The fourth-order valence-electron chi connectivity index (χ4n) is 3.00. The Balaban J connectivity index is 1.99. The molecule has 18 heavy (non-hydrogen) atoms. The van der Waals surface area contributed by atoms with Gasteiger partial charge < -0.3 is 9.64 Å². The number of aliphatic imine (C=N–C) groups is 1. The number of likely N-dealkylation sites (N-methyl/N-ethyl adjacent to an activating group) is 1. The summed E-state index contributed by atoms with van der Waals surface area (Å²) in [5, 5.41) is 0. The monoisotopic (exact) mass is 254 g/mol. The van der Waals surface area contributed by atoms with Crippen molar-refractivity contribution in [2.24, 2.45) is 10.8 Å². The molecule has 0 radical (unpaired) electrons. The van der Waals surface area contributed by atoms with Gasteiger partial charge in [0.25, 0.3) is 0 Å². The van der Waals surface area contributed by atoms with Crippen molar-refractivity contribution in [3.05, 3.63) is 0 Å². The highest BCUT2D eigenvalue weighted by Gasteiger charge is 2.30. The molecular weight excluding hydrogens is 228 g/mol. The van der Waals surface area contributed by atoms with Gasteiger partial charge in [0.2, 0.25) is 5.96 Å². The zero-order chi connectivity index (χ0) is 13.0. The highest BCUT2D eigenvalue weighted by atomic mass is 16.5. The maximum atomic E-state index is 5.64. The third-order valence-corrected chi connectivity index (χ3v) is 4.18. The quantitative estimate of drug-likeness (QED) is 0.337. The van der Waals surface area contributed by atoms with Crippen LogP contribution in [0.25, 0.3) is 0 Å². The summed E-state index contributed by atoms with van der Waals surface area (Å²) < 4.78 is 5.61. The average Bonchev–Trinajstić information content (AvgIpc) is 2.82. The molecule has 2 atom stereocenters. The zero-order valence-electron chi connectivity index (χ0n) is 11.6. The SMILES string of the molecule is CC1OCCC1N(C)C(=NC1CCCCC1)NN. The van der Waals surface area contributed by atoms with E-state index in [4.69, 9.17) is 15.6 Å². The van der Waals surface area contributed by atoms with Gasteiger partial charge in [-0.1, -0.05) is 19.3 Å². The molecule has 3 N–H and O–H groups in total. The molecule has 1 aliphatic carbocycles. The number of nitrogens with one attached hydrogen (secondary N) is 1. The molecule has 1 saturated heterocycles. The second-order valence-corrected chi connectivity index (χ2v) is 5.43. The van der Waals surface area contributed by atoms with Crippen molar-refractivity contribution in [3.8, 4) is 0 Å². The second kappa shape index (κ2) is 6.38. The Morgan fingerprint density at radius 3 is 2.56 bits per heavy atom. The molecule has 2 aliphatic rings. The van der Waals surface area contributed by atoms with Crippen molar-refractivity contribution in [1.29, 1.82) is 0 Å². The van der Waals surface area contributed by atoms with Crippen LogP contribution < -0.4 is 11.3 Å². The summed E-state index contributed by atoms with van der Waals surface area (Å²) in [6.45, 7) is 2.94. The van der Waals surface area contributed by atoms with Gasteiger partial charge >= 0.3 is 0 Å². The molecule has 0 aromatic heterocycles. The summed E-state index contributed by atoms with van der Waals surface area (Å²) in [6.07, 6.45) is 7.60. The van der Waals surface area contributed by atoms with E-state index in [-0.39, 0.29) is 6.10 Å². The molecule has 0 aromatic carbocycles. The molecule has 5 heteroatoms. The number of hydrogen-bond acceptors (Lipinski definition) is 3. The van der Waals surface area contributed by atoms with Gasteiger partial charge in [0.15, 0.2) is 0 Å². The van der Waals surface area contributed by atoms with Crippen molar-refractivity contribution in [1.82, 2.24) is 10.3 Å². The Kier molecular flexibility index (Phi) is 4.83. The molecule has 1 aliphatic heterocycles. The Bertz CT molecular complexity index is 289. The first-order chi connectivity index (χ1) is 8.72. The second-order valence-electron chi connectivity index (χ2n) is 5.43. The molecule has 2 unspecified atom stereocenters. The number of ether oxygens (including phenoxy) is 1. The summed E-state index contributed by atoms with van der Waals surface area (Å²) in [5.74, 6) is 6.45. The van der Waals surface area contributed by atoms with Gasteiger partial charge in [0, 0.05) is 13.7 Å². The van der Waals surface area contributed by atoms with Crippen LogP contribution >= 0.6 is 0 Å². The van der Waals surface area contributed by atoms with Crippen LogP contribution in [0.1, 0.15) is 45.4 Å². The molecule has 1 saturated carbocycles. The van der Waals surface area contributed by atoms with Crippen LogP contribution in [0.4, 0.5) is 0 Å². The fourth-order valence-corrected chi connectivity index (χ4v) is 3.00. The van der Waals surface area contributed by atoms with Crippen LogP contribution in [0, 0.1) is 0 Å². The molecule has 104 valence electrons. The predicted molar refractivity (Wildman–Crippen MR) is 73.2 cm³/mol. The molecule has 0 spiro atoms. The van der Waals surface area contributed by atoms with Crippen molar-refractivity contribution in [2.75, 3.05) is 13.7 Å². The topological polar surface area (TPSA) is 62.9 Å². The molecule has 0 bridgehead atoms. The van der Waals surface area contributed by atoms with E-state index in [0.717, 1.165) is 19.0 Å². The molecular formula is C13H26N4O. The zero-order valence-corrected chi connectivity index (χ0v) is 11.6. The molecule has 0 amide bonds. The number of nitrogens with zero attached hydrogens (tertiary/aromatic N) is 2. The minimum absolute atomic E-state index is 0.250. The third-order valence-electron chi connectivity index (χ3n) is 4.18. The largest absolute Gasteiger partial charge is 0.376 e. The van der Waals surface area contributed by atoms with E-state index in [9.17, 15) is 0 Å². The highest BCUT2D eigenvalue weighted by Crippen LogP contribution is 2.22. The third kappa shape index (κ3) is 3.14. The molecule has 1 heterocycles. The van der Waals surface area contributed by atoms with E-state index < -0.39 is 0 Å². The first kappa shape index (κ1) is 13.6. The number of hydrazine groups is 1. The minimum atomic E-state index is 0.250. The van der Waals surface area contributed by atoms with Crippen molar-refractivity contribution in [2.45, 2.75) is 63.6 Å². The van der Waals surface area contributed by atoms with Gasteiger partial charge in [0.05, 0.1) is 18.2 Å². The van der Waals surface area contributed by atoms with Crippen LogP contribution in [-0.4, -0.2) is 42.7 Å². The maximum Gasteiger partial charge on any atom is 0.208 e. The van der Waals surface area contributed by atoms with Gasteiger partial charge in [-0.3, -0.25) is 5.43 Å². The van der Waals surface area contributed by atoms with E-state index in [1.54, 1.807) is 0 Å². The standard InChI is InChI=1S/C13H26N4O/c1-10-12(8-9-18-10)17(2)13(16-14)15-11-6-4-3-5-7-11/h10-12H,3-9,14H2,1-2H3,(H,15,16). The minimum Gasteiger partial charge on any atom is -0.376 e. The summed E-state index contributed by atoms with van der Waals surface area (Å²) in [5.41, 5.74) is 2.77. The number of guanidine groups is 1. The van der Waals surface area contributed by atoms with Gasteiger partial charge in [-0.2, -0.15) is 0 Å². The van der Waals surface area contributed by atoms with Crippen LogP contribution in [-0.2, 0) is 4.74 Å². The molecule has 2 rings (SSSR count). The average molecular weight is 254 g/mol. The molecule has 5 nitrogen and oxygen atoms in total. The number of rotatable bonds is 2. The maximum absolute atomic E-state index is 5.64. The lowest BCUT2D eigenvalue weighted by Crippen LogP contribution is -2.50. The van der Waals surface area contributed by atoms with E-state index >= 15 is 0 Å².